The molecule has 1 amide bonds. The van der Waals surface area contributed by atoms with Crippen LogP contribution in [0.4, 0.5) is 4.79 Å². The van der Waals surface area contributed by atoms with Gasteiger partial charge in [-0.1, -0.05) is 0 Å². The normalized spacial score (nSPS) is 16.7. The monoisotopic (exact) mass is 379 g/mol. The summed E-state index contributed by atoms with van der Waals surface area (Å²) in [6.45, 7) is 0.314. The highest BCUT2D eigenvalue weighted by atomic mass is 32.2. The molecular formula is C12H25NO8S2. The topological polar surface area (TPSA) is 127 Å². The van der Waals surface area contributed by atoms with Gasteiger partial charge in [0.05, 0.1) is 21.3 Å². The summed E-state index contributed by atoms with van der Waals surface area (Å²) in [5, 5.41) is 0. The third-order valence-corrected chi connectivity index (χ3v) is 2.95. The molecule has 0 aliphatic heterocycles. The number of ether oxygens (including phenoxy) is 1. The average Bonchev–Trinajstić information content (AvgIpc) is 2.25. The van der Waals surface area contributed by atoms with E-state index < -0.39 is 70.1 Å². The Morgan fingerprint density at radius 2 is 1.78 bits per heavy atom. The van der Waals surface area contributed by atoms with Crippen molar-refractivity contribution in [2.24, 2.45) is 0 Å². The van der Waals surface area contributed by atoms with E-state index in [1.807, 2.05) is 0 Å². The highest BCUT2D eigenvalue weighted by Crippen LogP contribution is 2.11. The summed E-state index contributed by atoms with van der Waals surface area (Å²) in [5.74, 6) is -1.23. The number of carbonyl (C=O) groups is 1. The molecule has 0 heterocycles. The molecule has 0 aliphatic rings. The van der Waals surface area contributed by atoms with Crippen LogP contribution in [-0.2, 0) is 29.2 Å². The molecule has 11 heteroatoms. The quantitative estimate of drug-likeness (QED) is 0.462. The van der Waals surface area contributed by atoms with Crippen molar-refractivity contribution in [2.75, 3.05) is 31.7 Å². The van der Waals surface area contributed by atoms with Gasteiger partial charge in [0.25, 0.3) is 20.2 Å². The first kappa shape index (κ1) is 15.6. The lowest BCUT2D eigenvalue weighted by atomic mass is 10.2. The molecule has 23 heavy (non-hydrogen) atoms. The number of rotatable bonds is 9. The van der Waals surface area contributed by atoms with Gasteiger partial charge in [-0.25, -0.2) is 4.79 Å². The minimum atomic E-state index is -4.63. The Morgan fingerprint density at radius 3 is 2.22 bits per heavy atom. The first-order valence-corrected chi connectivity index (χ1v) is 9.87. The third kappa shape index (κ3) is 14.4. The third-order valence-electron chi connectivity index (χ3n) is 1.96. The van der Waals surface area contributed by atoms with Crippen LogP contribution in [0, 0.1) is 0 Å². The zero-order chi connectivity index (χ0) is 21.9. The second-order valence-corrected chi connectivity index (χ2v) is 8.59. The van der Waals surface area contributed by atoms with Gasteiger partial charge >= 0.3 is 6.09 Å². The molecule has 0 atom stereocenters. The van der Waals surface area contributed by atoms with Crippen LogP contribution in [0.15, 0.2) is 0 Å². The van der Waals surface area contributed by atoms with Crippen molar-refractivity contribution >= 4 is 26.3 Å². The maximum Gasteiger partial charge on any atom is 0.410 e. The number of amides is 1. The number of hydrogen-bond acceptors (Lipinski definition) is 7. The van der Waals surface area contributed by atoms with E-state index in [9.17, 15) is 21.6 Å². The highest BCUT2D eigenvalue weighted by molar-refractivity contribution is 7.86. The smallest absolute Gasteiger partial charge is 0.410 e. The summed E-state index contributed by atoms with van der Waals surface area (Å²) in [4.78, 5) is 12.9. The first-order chi connectivity index (χ1) is 11.6. The van der Waals surface area contributed by atoms with Crippen molar-refractivity contribution in [3.05, 3.63) is 0 Å². The minimum Gasteiger partial charge on any atom is -0.444 e. The molecule has 0 rings (SSSR count). The van der Waals surface area contributed by atoms with Gasteiger partial charge in [-0.2, -0.15) is 16.8 Å². The molecular weight excluding hydrogens is 350 g/mol. The fraction of sp³-hybridized carbons (Fsp3) is 0.917. The van der Waals surface area contributed by atoms with E-state index in [4.69, 9.17) is 14.8 Å². The Bertz CT molecular complexity index is 731. The van der Waals surface area contributed by atoms with E-state index >= 15 is 0 Å². The Labute approximate surface area is 143 Å². The average molecular weight is 379 g/mol. The number of hydrogen-bond donors (Lipinski definition) is 1. The van der Waals surface area contributed by atoms with Crippen LogP contribution in [0.3, 0.4) is 0 Å². The van der Waals surface area contributed by atoms with Crippen LogP contribution >= 0.6 is 0 Å². The zero-order valence-corrected chi connectivity index (χ0v) is 15.0. The first-order valence-electron chi connectivity index (χ1n) is 8.45. The second kappa shape index (κ2) is 8.81. The summed E-state index contributed by atoms with van der Waals surface area (Å²) in [7, 11) is -8.82. The van der Waals surface area contributed by atoms with Crippen LogP contribution in [0.5, 0.6) is 0 Å². The Hall–Kier alpha value is -0.910. The molecule has 0 bridgehead atoms. The molecule has 0 saturated carbocycles. The van der Waals surface area contributed by atoms with Gasteiger partial charge in [-0.05, 0) is 33.6 Å². The molecule has 0 unspecified atom stereocenters. The van der Waals surface area contributed by atoms with Gasteiger partial charge in [0, 0.05) is 15.8 Å². The standard InChI is InChI=1S/C12H25NO8S2/c1-12(2,3)21-11(14)13(8-9-20-22(4,15)16)7-5-6-10-23(17,18)19/h5-10H2,1-4H3,(H,17,18,19)/i6D2,9D2. The second-order valence-electron chi connectivity index (χ2n) is 5.56. The molecule has 0 aromatic heterocycles. The fourth-order valence-corrected chi connectivity index (χ4v) is 1.86. The maximum atomic E-state index is 12.2. The van der Waals surface area contributed by atoms with Gasteiger partial charge in [-0.15, -0.1) is 0 Å². The van der Waals surface area contributed by atoms with E-state index in [0.717, 1.165) is 0 Å². The Morgan fingerprint density at radius 1 is 1.22 bits per heavy atom. The van der Waals surface area contributed by atoms with Crippen LogP contribution in [0.1, 0.15) is 39.0 Å². The lowest BCUT2D eigenvalue weighted by Crippen LogP contribution is -2.39. The largest absolute Gasteiger partial charge is 0.444 e. The maximum absolute atomic E-state index is 12.2. The van der Waals surface area contributed by atoms with E-state index in [2.05, 4.69) is 4.18 Å². The van der Waals surface area contributed by atoms with Crippen molar-refractivity contribution in [1.29, 1.82) is 0 Å². The molecule has 9 nitrogen and oxygen atoms in total. The lowest BCUT2D eigenvalue weighted by Gasteiger charge is -2.27. The van der Waals surface area contributed by atoms with Gasteiger partial charge in [0.1, 0.15) is 5.60 Å². The molecule has 0 saturated heterocycles. The van der Waals surface area contributed by atoms with Crippen LogP contribution < -0.4 is 0 Å². The Balaban J connectivity index is 5.40. The van der Waals surface area contributed by atoms with Crippen molar-refractivity contribution in [3.8, 4) is 0 Å². The van der Waals surface area contributed by atoms with E-state index in [1.165, 1.54) is 20.8 Å². The van der Waals surface area contributed by atoms with Gasteiger partial charge in [0.15, 0.2) is 0 Å². The molecule has 0 aliphatic carbocycles. The van der Waals surface area contributed by atoms with Gasteiger partial charge in [0.2, 0.25) is 0 Å². The van der Waals surface area contributed by atoms with Crippen LogP contribution in [0.2, 0.25) is 0 Å². The lowest BCUT2D eigenvalue weighted by molar-refractivity contribution is 0.0225. The number of carbonyl (C=O) groups excluding carboxylic acids is 1. The predicted molar refractivity (Wildman–Crippen MR) is 84.3 cm³/mol. The molecule has 0 fully saturated rings. The minimum absolute atomic E-state index is 0.524. The Kier molecular flexibility index (Phi) is 5.98. The zero-order valence-electron chi connectivity index (χ0n) is 17.4. The van der Waals surface area contributed by atoms with E-state index in [0.29, 0.717) is 11.2 Å². The van der Waals surface area contributed by atoms with E-state index in [1.54, 1.807) is 0 Å². The molecule has 1 N–H and O–H groups in total. The van der Waals surface area contributed by atoms with Gasteiger partial charge in [-0.3, -0.25) is 8.74 Å². The van der Waals surface area contributed by atoms with Crippen molar-refractivity contribution in [3.63, 3.8) is 0 Å². The number of nitrogens with zero attached hydrogens (tertiary/aromatic N) is 1. The van der Waals surface area contributed by atoms with Gasteiger partial charge < -0.3 is 9.64 Å². The summed E-state index contributed by atoms with van der Waals surface area (Å²) < 4.78 is 92.5. The summed E-state index contributed by atoms with van der Waals surface area (Å²) >= 11 is 0. The summed E-state index contributed by atoms with van der Waals surface area (Å²) in [6.07, 6.45) is -3.49. The van der Waals surface area contributed by atoms with Crippen molar-refractivity contribution < 1.29 is 40.6 Å². The van der Waals surface area contributed by atoms with Crippen molar-refractivity contribution in [1.82, 2.24) is 4.90 Å². The molecule has 0 aromatic carbocycles. The van der Waals surface area contributed by atoms with Crippen LogP contribution in [0.25, 0.3) is 0 Å². The molecule has 0 aromatic rings. The molecule has 138 valence electrons. The summed E-state index contributed by atoms with van der Waals surface area (Å²) in [6, 6.07) is 0. The van der Waals surface area contributed by atoms with E-state index in [-0.39, 0.29) is 0 Å². The highest BCUT2D eigenvalue weighted by Gasteiger charge is 2.22. The fourth-order valence-electron chi connectivity index (χ4n) is 1.19. The van der Waals surface area contributed by atoms with Crippen molar-refractivity contribution in [2.45, 2.75) is 39.2 Å². The summed E-state index contributed by atoms with van der Waals surface area (Å²) in [5.41, 5.74) is -0.979. The SMILES string of the molecule is [2H]C([2H])(CCN(CC([2H])([2H])OS(C)(=O)=O)C(=O)OC(C)(C)C)CS(=O)(=O)O. The van der Waals surface area contributed by atoms with Crippen LogP contribution in [-0.4, -0.2) is 69.6 Å². The molecule has 0 spiro atoms. The predicted octanol–water partition coefficient (Wildman–Crippen LogP) is 0.868. The molecule has 0 radical (unpaired) electrons.